The third-order valence-corrected chi connectivity index (χ3v) is 7.64. The number of hydrogen-bond donors (Lipinski definition) is 1. The van der Waals surface area contributed by atoms with Gasteiger partial charge in [0.1, 0.15) is 4.90 Å². The molecule has 0 aromatic heterocycles. The molecule has 0 unspecified atom stereocenters. The van der Waals surface area contributed by atoms with Crippen molar-refractivity contribution in [2.45, 2.75) is 24.7 Å². The Balaban J connectivity index is 1.68. The van der Waals surface area contributed by atoms with Gasteiger partial charge in [-0.1, -0.05) is 29.3 Å². The van der Waals surface area contributed by atoms with Gasteiger partial charge in [-0.3, -0.25) is 14.9 Å². The second-order valence-corrected chi connectivity index (χ2v) is 9.75. The molecule has 0 bridgehead atoms. The molecule has 30 heavy (non-hydrogen) atoms. The number of non-ortho nitro benzene ring substituents is 1. The van der Waals surface area contributed by atoms with Crippen molar-refractivity contribution in [1.82, 2.24) is 4.31 Å². The van der Waals surface area contributed by atoms with Gasteiger partial charge in [-0.05, 0) is 43.5 Å². The zero-order chi connectivity index (χ0) is 22.1. The van der Waals surface area contributed by atoms with E-state index in [0.717, 1.165) is 0 Å². The number of nitrogens with zero attached hydrogens (tertiary/aromatic N) is 2. The predicted molar refractivity (Wildman–Crippen MR) is 114 cm³/mol. The minimum Gasteiger partial charge on any atom is -0.325 e. The van der Waals surface area contributed by atoms with E-state index in [1.165, 1.54) is 34.6 Å². The topological polar surface area (TPSA) is 110 Å². The van der Waals surface area contributed by atoms with Crippen LogP contribution in [0.5, 0.6) is 0 Å². The number of anilines is 1. The molecule has 2 aromatic carbocycles. The van der Waals surface area contributed by atoms with Gasteiger partial charge in [0.2, 0.25) is 15.9 Å². The van der Waals surface area contributed by atoms with E-state index in [-0.39, 0.29) is 39.6 Å². The summed E-state index contributed by atoms with van der Waals surface area (Å²) in [7, 11) is -3.83. The first-order chi connectivity index (χ1) is 14.1. The van der Waals surface area contributed by atoms with Crippen LogP contribution in [0.25, 0.3) is 0 Å². The van der Waals surface area contributed by atoms with Crippen molar-refractivity contribution < 1.29 is 18.1 Å². The maximum atomic E-state index is 12.9. The highest BCUT2D eigenvalue weighted by Gasteiger charge is 2.33. The number of piperidine rings is 1. The van der Waals surface area contributed by atoms with E-state index in [1.54, 1.807) is 13.0 Å². The van der Waals surface area contributed by atoms with Gasteiger partial charge >= 0.3 is 0 Å². The van der Waals surface area contributed by atoms with Gasteiger partial charge in [0.25, 0.3) is 5.69 Å². The average molecular weight is 472 g/mol. The minimum atomic E-state index is -3.83. The summed E-state index contributed by atoms with van der Waals surface area (Å²) < 4.78 is 27.1. The molecule has 1 fully saturated rings. The fourth-order valence-corrected chi connectivity index (χ4v) is 5.47. The zero-order valence-corrected chi connectivity index (χ0v) is 18.3. The Morgan fingerprint density at radius 1 is 1.17 bits per heavy atom. The van der Waals surface area contributed by atoms with E-state index >= 15 is 0 Å². The molecule has 160 valence electrons. The summed E-state index contributed by atoms with van der Waals surface area (Å²) in [5.74, 6) is -0.707. The van der Waals surface area contributed by atoms with Crippen LogP contribution in [0.2, 0.25) is 10.0 Å². The van der Waals surface area contributed by atoms with Crippen molar-refractivity contribution >= 4 is 50.5 Å². The molecular weight excluding hydrogens is 453 g/mol. The number of hydrogen-bond acceptors (Lipinski definition) is 5. The number of nitrogens with one attached hydrogen (secondary N) is 1. The highest BCUT2D eigenvalue weighted by Crippen LogP contribution is 2.31. The second kappa shape index (κ2) is 8.89. The van der Waals surface area contributed by atoms with Crippen LogP contribution in [0.4, 0.5) is 11.4 Å². The SMILES string of the molecule is Cc1ccc([N+](=O)[O-])cc1NC(=O)C1CCN(S(=O)(=O)c2cc(Cl)ccc2Cl)CC1. The molecule has 1 N–H and O–H groups in total. The molecule has 1 aliphatic heterocycles. The number of nitro groups is 1. The van der Waals surface area contributed by atoms with Crippen molar-refractivity contribution in [3.63, 3.8) is 0 Å². The number of aryl methyl sites for hydroxylation is 1. The van der Waals surface area contributed by atoms with E-state index in [1.807, 2.05) is 0 Å². The maximum Gasteiger partial charge on any atom is 0.271 e. The second-order valence-electron chi connectivity index (χ2n) is 7.00. The van der Waals surface area contributed by atoms with Crippen LogP contribution in [0, 0.1) is 23.0 Å². The van der Waals surface area contributed by atoms with Gasteiger partial charge in [-0.2, -0.15) is 4.31 Å². The smallest absolute Gasteiger partial charge is 0.271 e. The number of benzene rings is 2. The molecule has 0 atom stereocenters. The van der Waals surface area contributed by atoms with Gasteiger partial charge < -0.3 is 5.32 Å². The van der Waals surface area contributed by atoms with Crippen LogP contribution in [0.1, 0.15) is 18.4 Å². The first kappa shape index (κ1) is 22.5. The molecule has 1 heterocycles. The first-order valence-electron chi connectivity index (χ1n) is 9.10. The quantitative estimate of drug-likeness (QED) is 0.517. The maximum absolute atomic E-state index is 12.9. The molecular formula is C19H19Cl2N3O5S. The van der Waals surface area contributed by atoms with E-state index in [0.29, 0.717) is 24.1 Å². The van der Waals surface area contributed by atoms with Gasteiger partial charge in [-0.15, -0.1) is 0 Å². The van der Waals surface area contributed by atoms with Crippen LogP contribution < -0.4 is 5.32 Å². The molecule has 0 radical (unpaired) electrons. The van der Waals surface area contributed by atoms with E-state index in [2.05, 4.69) is 5.32 Å². The lowest BCUT2D eigenvalue weighted by Crippen LogP contribution is -2.41. The van der Waals surface area contributed by atoms with E-state index in [4.69, 9.17) is 23.2 Å². The third kappa shape index (κ3) is 4.75. The third-order valence-electron chi connectivity index (χ3n) is 5.03. The lowest BCUT2D eigenvalue weighted by Gasteiger charge is -2.30. The molecule has 3 rings (SSSR count). The van der Waals surface area contributed by atoms with Crippen LogP contribution in [0.15, 0.2) is 41.3 Å². The summed E-state index contributed by atoms with van der Waals surface area (Å²) >= 11 is 12.0. The van der Waals surface area contributed by atoms with Crippen LogP contribution in [-0.2, 0) is 14.8 Å². The Morgan fingerprint density at radius 2 is 1.83 bits per heavy atom. The molecule has 1 amide bonds. The molecule has 11 heteroatoms. The Kier molecular flexibility index (Phi) is 6.66. The fourth-order valence-electron chi connectivity index (χ4n) is 3.27. The summed E-state index contributed by atoms with van der Waals surface area (Å²) in [5.41, 5.74) is 0.953. The number of carbonyl (C=O) groups is 1. The van der Waals surface area contributed by atoms with Crippen molar-refractivity contribution in [1.29, 1.82) is 0 Å². The highest BCUT2D eigenvalue weighted by atomic mass is 35.5. The zero-order valence-electron chi connectivity index (χ0n) is 16.0. The molecule has 1 saturated heterocycles. The summed E-state index contributed by atoms with van der Waals surface area (Å²) in [4.78, 5) is 23.0. The Labute approximate surface area is 184 Å². The number of halogens is 2. The molecule has 1 aliphatic rings. The monoisotopic (exact) mass is 471 g/mol. The highest BCUT2D eigenvalue weighted by molar-refractivity contribution is 7.89. The molecule has 0 aliphatic carbocycles. The number of carbonyl (C=O) groups excluding carboxylic acids is 1. The Morgan fingerprint density at radius 3 is 2.47 bits per heavy atom. The summed E-state index contributed by atoms with van der Waals surface area (Å²) in [6.07, 6.45) is 0.633. The normalized spacial score (nSPS) is 15.7. The number of nitro benzene ring substituents is 1. The number of rotatable bonds is 5. The molecule has 2 aromatic rings. The van der Waals surface area contributed by atoms with Crippen molar-refractivity contribution in [3.8, 4) is 0 Å². The Bertz CT molecular complexity index is 1100. The lowest BCUT2D eigenvalue weighted by molar-refractivity contribution is -0.384. The van der Waals surface area contributed by atoms with Crippen LogP contribution in [0.3, 0.4) is 0 Å². The van der Waals surface area contributed by atoms with Crippen LogP contribution >= 0.6 is 23.2 Å². The van der Waals surface area contributed by atoms with Gasteiger partial charge in [0.05, 0.1) is 15.6 Å². The number of amides is 1. The van der Waals surface area contributed by atoms with Crippen LogP contribution in [-0.4, -0.2) is 36.6 Å². The van der Waals surface area contributed by atoms with Crippen molar-refractivity contribution in [2.75, 3.05) is 18.4 Å². The first-order valence-corrected chi connectivity index (χ1v) is 11.3. The van der Waals surface area contributed by atoms with Gasteiger partial charge in [0, 0.05) is 36.2 Å². The molecule has 0 saturated carbocycles. The Hall–Kier alpha value is -2.20. The largest absolute Gasteiger partial charge is 0.325 e. The molecule has 0 spiro atoms. The minimum absolute atomic E-state index is 0.0632. The average Bonchev–Trinajstić information content (AvgIpc) is 2.71. The molecule has 8 nitrogen and oxygen atoms in total. The number of sulfonamides is 1. The van der Waals surface area contributed by atoms with E-state index < -0.39 is 20.9 Å². The van der Waals surface area contributed by atoms with Gasteiger partial charge in [0.15, 0.2) is 0 Å². The lowest BCUT2D eigenvalue weighted by atomic mass is 9.97. The summed E-state index contributed by atoms with van der Waals surface area (Å²) in [6.45, 7) is 2.04. The van der Waals surface area contributed by atoms with Crippen molar-refractivity contribution in [3.05, 3.63) is 62.1 Å². The standard InChI is InChI=1S/C19H19Cl2N3O5S/c1-12-2-4-15(24(26)27)11-17(12)22-19(25)13-6-8-23(9-7-13)30(28,29)18-10-14(20)3-5-16(18)21/h2-5,10-11,13H,6-9H2,1H3,(H,22,25). The van der Waals surface area contributed by atoms with Gasteiger partial charge in [-0.25, -0.2) is 8.42 Å². The van der Waals surface area contributed by atoms with E-state index in [9.17, 15) is 23.3 Å². The fraction of sp³-hybridized carbons (Fsp3) is 0.316. The van der Waals surface area contributed by atoms with Crippen molar-refractivity contribution in [2.24, 2.45) is 5.92 Å². The summed E-state index contributed by atoms with van der Waals surface area (Å²) in [5, 5.41) is 14.0. The predicted octanol–water partition coefficient (Wildman–Crippen LogP) is 4.25. The summed E-state index contributed by atoms with van der Waals surface area (Å²) in [6, 6.07) is 8.50.